The average molecular weight is 503 g/mol. The molecule has 1 N–H and O–H groups in total. The number of rotatable bonds is 11. The van der Waals surface area contributed by atoms with Crippen LogP contribution in [0.1, 0.15) is 23.6 Å². The summed E-state index contributed by atoms with van der Waals surface area (Å²) in [6.45, 7) is 2.77. The third kappa shape index (κ3) is 8.31. The summed E-state index contributed by atoms with van der Waals surface area (Å²) in [6, 6.07) is 20.6. The molecule has 33 heavy (non-hydrogen) atoms. The summed E-state index contributed by atoms with van der Waals surface area (Å²) >= 11 is 13.6. The van der Waals surface area contributed by atoms with E-state index in [9.17, 15) is 4.79 Å². The van der Waals surface area contributed by atoms with Crippen molar-refractivity contribution >= 4 is 47.1 Å². The van der Waals surface area contributed by atoms with Crippen molar-refractivity contribution in [2.45, 2.75) is 19.3 Å². The van der Waals surface area contributed by atoms with Gasteiger partial charge in [-0.1, -0.05) is 53.5 Å². The van der Waals surface area contributed by atoms with Crippen LogP contribution >= 0.6 is 35.0 Å². The molecule has 0 saturated carbocycles. The number of nitrogens with one attached hydrogen (secondary N) is 1. The predicted molar refractivity (Wildman–Crippen MR) is 137 cm³/mol. The molecule has 0 radical (unpaired) electrons. The van der Waals surface area contributed by atoms with Crippen molar-refractivity contribution in [2.75, 3.05) is 12.4 Å². The quantitative estimate of drug-likeness (QED) is 0.245. The number of thioether (sulfide) groups is 1. The molecule has 3 aromatic carbocycles. The van der Waals surface area contributed by atoms with Gasteiger partial charge in [0.2, 0.25) is 5.91 Å². The number of hydrogen-bond donors (Lipinski definition) is 1. The van der Waals surface area contributed by atoms with E-state index in [-0.39, 0.29) is 11.7 Å². The second-order valence-corrected chi connectivity index (χ2v) is 8.76. The van der Waals surface area contributed by atoms with E-state index in [1.165, 1.54) is 11.8 Å². The van der Waals surface area contributed by atoms with Gasteiger partial charge in [-0.15, -0.1) is 11.8 Å². The zero-order valence-electron chi connectivity index (χ0n) is 18.1. The van der Waals surface area contributed by atoms with Gasteiger partial charge in [0, 0.05) is 15.8 Å². The standard InChI is InChI=1S/C25H24Cl2N2O3S/c1-2-31-24-13-18(10-11-23(24)32-15-19-6-5-8-21(26)12-19)14-28-29-25(30)17-33-16-20-7-3-4-9-22(20)27/h3-14H,2,15-17H2,1H3,(H,29,30)/b28-14-. The fourth-order valence-corrected chi connectivity index (χ4v) is 4.18. The van der Waals surface area contributed by atoms with Gasteiger partial charge in [-0.05, 0) is 60.0 Å². The van der Waals surface area contributed by atoms with E-state index in [1.54, 1.807) is 6.21 Å². The Kier molecular flexibility index (Phi) is 9.94. The molecule has 3 rings (SSSR count). The minimum absolute atomic E-state index is 0.185. The first-order valence-electron chi connectivity index (χ1n) is 10.3. The Bertz CT molecular complexity index is 1110. The van der Waals surface area contributed by atoms with Crippen molar-refractivity contribution in [1.82, 2.24) is 5.43 Å². The van der Waals surface area contributed by atoms with Gasteiger partial charge in [-0.3, -0.25) is 4.79 Å². The zero-order valence-corrected chi connectivity index (χ0v) is 20.4. The third-order valence-corrected chi connectivity index (χ3v) is 5.99. The highest BCUT2D eigenvalue weighted by Gasteiger charge is 2.07. The number of carbonyl (C=O) groups is 1. The molecule has 0 aromatic heterocycles. The van der Waals surface area contributed by atoms with Crippen molar-refractivity contribution in [1.29, 1.82) is 0 Å². The number of halogens is 2. The van der Waals surface area contributed by atoms with Crippen LogP contribution in [0.2, 0.25) is 10.0 Å². The Morgan fingerprint density at radius 2 is 1.88 bits per heavy atom. The summed E-state index contributed by atoms with van der Waals surface area (Å²) in [7, 11) is 0. The smallest absolute Gasteiger partial charge is 0.250 e. The van der Waals surface area contributed by atoms with Crippen molar-refractivity contribution in [3.05, 3.63) is 93.5 Å². The van der Waals surface area contributed by atoms with Crippen LogP contribution < -0.4 is 14.9 Å². The van der Waals surface area contributed by atoms with E-state index in [2.05, 4.69) is 10.5 Å². The number of carbonyl (C=O) groups excluding carboxylic acids is 1. The van der Waals surface area contributed by atoms with Crippen molar-refractivity contribution < 1.29 is 14.3 Å². The molecular weight excluding hydrogens is 479 g/mol. The number of hydrazone groups is 1. The van der Waals surface area contributed by atoms with Crippen LogP contribution in [0.3, 0.4) is 0 Å². The lowest BCUT2D eigenvalue weighted by atomic mass is 10.2. The number of hydrogen-bond acceptors (Lipinski definition) is 5. The molecule has 0 saturated heterocycles. The fourth-order valence-electron chi connectivity index (χ4n) is 2.86. The van der Waals surface area contributed by atoms with Crippen LogP contribution in [-0.4, -0.2) is 24.5 Å². The van der Waals surface area contributed by atoms with Crippen LogP contribution in [0, 0.1) is 0 Å². The molecule has 0 aliphatic carbocycles. The van der Waals surface area contributed by atoms with Gasteiger partial charge in [0.15, 0.2) is 11.5 Å². The van der Waals surface area contributed by atoms with E-state index in [0.717, 1.165) is 16.7 Å². The van der Waals surface area contributed by atoms with Gasteiger partial charge in [-0.2, -0.15) is 5.10 Å². The summed E-state index contributed by atoms with van der Waals surface area (Å²) in [5, 5.41) is 5.41. The molecular formula is C25H24Cl2N2O3S. The highest BCUT2D eigenvalue weighted by atomic mass is 35.5. The highest BCUT2D eigenvalue weighted by molar-refractivity contribution is 7.99. The maximum atomic E-state index is 12.0. The molecule has 0 spiro atoms. The van der Waals surface area contributed by atoms with Gasteiger partial charge in [0.05, 0.1) is 18.6 Å². The number of benzene rings is 3. The Labute approximate surface area is 208 Å². The summed E-state index contributed by atoms with van der Waals surface area (Å²) in [4.78, 5) is 12.0. The van der Waals surface area contributed by atoms with Crippen LogP contribution in [0.25, 0.3) is 0 Å². The van der Waals surface area contributed by atoms with Crippen molar-refractivity contribution in [3.8, 4) is 11.5 Å². The number of ether oxygens (including phenoxy) is 2. The second-order valence-electron chi connectivity index (χ2n) is 6.94. The fraction of sp³-hybridized carbons (Fsp3) is 0.200. The highest BCUT2D eigenvalue weighted by Crippen LogP contribution is 2.29. The lowest BCUT2D eigenvalue weighted by molar-refractivity contribution is -0.118. The summed E-state index contributed by atoms with van der Waals surface area (Å²) in [5.74, 6) is 1.97. The first-order valence-corrected chi connectivity index (χ1v) is 12.2. The van der Waals surface area contributed by atoms with Gasteiger partial charge in [0.1, 0.15) is 6.61 Å². The maximum absolute atomic E-state index is 12.0. The number of nitrogens with zero attached hydrogens (tertiary/aromatic N) is 1. The largest absolute Gasteiger partial charge is 0.490 e. The minimum Gasteiger partial charge on any atom is -0.490 e. The first kappa shape index (κ1) is 25.0. The topological polar surface area (TPSA) is 59.9 Å². The van der Waals surface area contributed by atoms with Crippen molar-refractivity contribution in [3.63, 3.8) is 0 Å². The molecule has 5 nitrogen and oxygen atoms in total. The molecule has 172 valence electrons. The van der Waals surface area contributed by atoms with E-state index < -0.39 is 0 Å². The van der Waals surface area contributed by atoms with E-state index >= 15 is 0 Å². The summed E-state index contributed by atoms with van der Waals surface area (Å²) in [5.41, 5.74) is 5.28. The van der Waals surface area contributed by atoms with Gasteiger partial charge < -0.3 is 9.47 Å². The molecule has 1 amide bonds. The first-order chi connectivity index (χ1) is 16.0. The van der Waals surface area contributed by atoms with Gasteiger partial charge in [0.25, 0.3) is 0 Å². The van der Waals surface area contributed by atoms with Gasteiger partial charge in [-0.25, -0.2) is 5.43 Å². The lowest BCUT2D eigenvalue weighted by Gasteiger charge is -2.12. The molecule has 3 aromatic rings. The predicted octanol–water partition coefficient (Wildman–Crippen LogP) is 6.35. The number of amides is 1. The van der Waals surface area contributed by atoms with Crippen LogP contribution in [0.4, 0.5) is 0 Å². The van der Waals surface area contributed by atoms with Crippen LogP contribution in [-0.2, 0) is 17.2 Å². The molecule has 0 aliphatic rings. The molecule has 0 unspecified atom stereocenters. The van der Waals surface area contributed by atoms with E-state index in [0.29, 0.717) is 40.5 Å². The van der Waals surface area contributed by atoms with Crippen LogP contribution in [0.5, 0.6) is 11.5 Å². The molecule has 8 heteroatoms. The monoisotopic (exact) mass is 502 g/mol. The second kappa shape index (κ2) is 13.1. The summed E-state index contributed by atoms with van der Waals surface area (Å²) in [6.07, 6.45) is 1.57. The SMILES string of the molecule is CCOc1cc(/C=N\NC(=O)CSCc2ccccc2Cl)ccc1OCc1cccc(Cl)c1. The minimum atomic E-state index is -0.185. The molecule has 0 aliphatic heterocycles. The average Bonchev–Trinajstić information content (AvgIpc) is 2.80. The molecule has 0 bridgehead atoms. The molecule has 0 fully saturated rings. The van der Waals surface area contributed by atoms with Gasteiger partial charge >= 0.3 is 0 Å². The Morgan fingerprint density at radius 3 is 2.67 bits per heavy atom. The van der Waals surface area contributed by atoms with Crippen LogP contribution in [0.15, 0.2) is 71.8 Å². The van der Waals surface area contributed by atoms with E-state index in [4.69, 9.17) is 32.7 Å². The normalized spacial score (nSPS) is 10.9. The Balaban J connectivity index is 1.51. The lowest BCUT2D eigenvalue weighted by Crippen LogP contribution is -2.19. The van der Waals surface area contributed by atoms with Crippen molar-refractivity contribution in [2.24, 2.45) is 5.10 Å². The third-order valence-electron chi connectivity index (χ3n) is 4.40. The maximum Gasteiger partial charge on any atom is 0.250 e. The summed E-state index contributed by atoms with van der Waals surface area (Å²) < 4.78 is 11.6. The molecule has 0 atom stereocenters. The zero-order chi connectivity index (χ0) is 23.5. The Morgan fingerprint density at radius 1 is 1.03 bits per heavy atom. The van der Waals surface area contributed by atoms with E-state index in [1.807, 2.05) is 73.7 Å². The molecule has 0 heterocycles. The Hall–Kier alpha value is -2.67.